The molecule has 1 aromatic rings. The Morgan fingerprint density at radius 2 is 2.28 bits per heavy atom. The summed E-state index contributed by atoms with van der Waals surface area (Å²) >= 11 is 1.80. The van der Waals surface area contributed by atoms with Crippen molar-refractivity contribution < 1.29 is 8.42 Å². The third kappa shape index (κ3) is 2.62. The van der Waals surface area contributed by atoms with Crippen LogP contribution in [0, 0.1) is 0 Å². The highest BCUT2D eigenvalue weighted by Gasteiger charge is 2.30. The molecule has 2 heterocycles. The second-order valence-corrected chi connectivity index (χ2v) is 7.32. The fourth-order valence-electron chi connectivity index (χ4n) is 1.85. The van der Waals surface area contributed by atoms with Gasteiger partial charge in [-0.2, -0.15) is 16.1 Å². The molecule has 0 spiro atoms. The zero-order valence-electron chi connectivity index (χ0n) is 10.5. The minimum Gasteiger partial charge on any atom is -0.373 e. The summed E-state index contributed by atoms with van der Waals surface area (Å²) in [5.41, 5.74) is 0. The molecule has 0 amide bonds. The van der Waals surface area contributed by atoms with E-state index in [1.807, 2.05) is 0 Å². The molecule has 7 heteroatoms. The van der Waals surface area contributed by atoms with E-state index in [1.54, 1.807) is 38.0 Å². The maximum Gasteiger partial charge on any atom is 0.244 e. The number of hydrogen-bond acceptors (Lipinski definition) is 5. The second kappa shape index (κ2) is 5.46. The van der Waals surface area contributed by atoms with Crippen LogP contribution < -0.4 is 5.32 Å². The molecule has 100 valence electrons. The van der Waals surface area contributed by atoms with E-state index in [-0.39, 0.29) is 10.9 Å². The van der Waals surface area contributed by atoms with Crippen molar-refractivity contribution in [2.24, 2.45) is 0 Å². The van der Waals surface area contributed by atoms with Gasteiger partial charge in [0.25, 0.3) is 0 Å². The maximum absolute atomic E-state index is 12.4. The van der Waals surface area contributed by atoms with E-state index in [4.69, 9.17) is 0 Å². The van der Waals surface area contributed by atoms with Gasteiger partial charge in [-0.15, -0.1) is 0 Å². The lowest BCUT2D eigenvalue weighted by Gasteiger charge is -2.22. The molecule has 5 nitrogen and oxygen atoms in total. The summed E-state index contributed by atoms with van der Waals surface area (Å²) in [6.45, 7) is 0. The molecule has 0 aromatic carbocycles. The van der Waals surface area contributed by atoms with Crippen LogP contribution in [0.15, 0.2) is 23.2 Å². The monoisotopic (exact) mass is 287 g/mol. The van der Waals surface area contributed by atoms with Crippen LogP contribution in [0.5, 0.6) is 0 Å². The van der Waals surface area contributed by atoms with Gasteiger partial charge >= 0.3 is 0 Å². The second-order valence-electron chi connectivity index (χ2n) is 4.17. The normalized spacial score (nSPS) is 20.3. The van der Waals surface area contributed by atoms with Gasteiger partial charge in [0.1, 0.15) is 10.7 Å². The largest absolute Gasteiger partial charge is 0.373 e. The molecule has 2 rings (SSSR count). The summed E-state index contributed by atoms with van der Waals surface area (Å²) in [7, 11) is -0.0186. The van der Waals surface area contributed by atoms with Gasteiger partial charge in [-0.25, -0.2) is 13.4 Å². The van der Waals surface area contributed by atoms with Crippen molar-refractivity contribution >= 4 is 27.6 Å². The fourth-order valence-corrected chi connectivity index (χ4v) is 4.55. The Morgan fingerprint density at radius 3 is 2.78 bits per heavy atom. The summed E-state index contributed by atoms with van der Waals surface area (Å²) in [5.74, 6) is 2.56. The average molecular weight is 287 g/mol. The van der Waals surface area contributed by atoms with E-state index >= 15 is 0 Å². The number of sulfonamides is 1. The van der Waals surface area contributed by atoms with E-state index in [1.165, 1.54) is 10.5 Å². The van der Waals surface area contributed by atoms with Crippen molar-refractivity contribution in [3.05, 3.63) is 18.3 Å². The van der Waals surface area contributed by atoms with Crippen LogP contribution in [0.1, 0.15) is 6.42 Å². The number of rotatable bonds is 4. The Bertz CT molecular complexity index is 496. The molecule has 0 aliphatic carbocycles. The number of hydrogen-bond donors (Lipinski definition) is 1. The van der Waals surface area contributed by atoms with Crippen molar-refractivity contribution in [2.45, 2.75) is 17.4 Å². The summed E-state index contributed by atoms with van der Waals surface area (Å²) in [6, 6.07) is 3.36. The van der Waals surface area contributed by atoms with Crippen LogP contribution >= 0.6 is 11.8 Å². The first kappa shape index (κ1) is 13.6. The summed E-state index contributed by atoms with van der Waals surface area (Å²) in [6.07, 6.45) is 2.32. The van der Waals surface area contributed by atoms with Gasteiger partial charge in [-0.3, -0.25) is 0 Å². The van der Waals surface area contributed by atoms with Crippen LogP contribution in [0.4, 0.5) is 5.82 Å². The SMILES string of the molecule is CNc1ccc(S(=O)(=O)N(C)C2CCSC2)cn1. The van der Waals surface area contributed by atoms with Crippen molar-refractivity contribution in [1.82, 2.24) is 9.29 Å². The van der Waals surface area contributed by atoms with Crippen molar-refractivity contribution in [1.29, 1.82) is 0 Å². The quantitative estimate of drug-likeness (QED) is 0.903. The Labute approximate surface area is 112 Å². The summed E-state index contributed by atoms with van der Waals surface area (Å²) in [4.78, 5) is 4.30. The standard InChI is InChI=1S/C11H17N3O2S2/c1-12-11-4-3-10(7-13-11)18(15,16)14(2)9-5-6-17-8-9/h3-4,7,9H,5-6,8H2,1-2H3,(H,12,13). The third-order valence-corrected chi connectivity index (χ3v) is 6.13. The summed E-state index contributed by atoms with van der Waals surface area (Å²) in [5, 5.41) is 2.87. The number of nitrogens with one attached hydrogen (secondary N) is 1. The van der Waals surface area contributed by atoms with Crippen LogP contribution in [0.3, 0.4) is 0 Å². The highest BCUT2D eigenvalue weighted by atomic mass is 32.2. The molecule has 1 fully saturated rings. The molecule has 0 radical (unpaired) electrons. The molecular formula is C11H17N3O2S2. The Balaban J connectivity index is 2.23. The van der Waals surface area contributed by atoms with Gasteiger partial charge in [0.15, 0.2) is 0 Å². The van der Waals surface area contributed by atoms with Crippen molar-refractivity contribution in [2.75, 3.05) is 30.9 Å². The maximum atomic E-state index is 12.4. The van der Waals surface area contributed by atoms with E-state index in [9.17, 15) is 8.42 Å². The molecule has 1 atom stereocenters. The molecule has 1 unspecified atom stereocenters. The lowest BCUT2D eigenvalue weighted by molar-refractivity contribution is 0.394. The highest BCUT2D eigenvalue weighted by molar-refractivity contribution is 7.99. The molecule has 0 saturated carbocycles. The number of pyridine rings is 1. The Kier molecular flexibility index (Phi) is 4.14. The lowest BCUT2D eigenvalue weighted by Crippen LogP contribution is -2.36. The van der Waals surface area contributed by atoms with E-state index in [0.29, 0.717) is 5.82 Å². The first-order valence-corrected chi connectivity index (χ1v) is 8.35. The van der Waals surface area contributed by atoms with Gasteiger partial charge < -0.3 is 5.32 Å². The zero-order chi connectivity index (χ0) is 13.2. The zero-order valence-corrected chi connectivity index (χ0v) is 12.1. The predicted octanol–water partition coefficient (Wildman–Crippen LogP) is 1.25. The average Bonchev–Trinajstić information content (AvgIpc) is 2.91. The number of thioether (sulfide) groups is 1. The topological polar surface area (TPSA) is 62.3 Å². The smallest absolute Gasteiger partial charge is 0.244 e. The van der Waals surface area contributed by atoms with Gasteiger partial charge in [0.2, 0.25) is 10.0 Å². The van der Waals surface area contributed by atoms with E-state index < -0.39 is 10.0 Å². The Hall–Kier alpha value is -0.790. The van der Waals surface area contributed by atoms with Crippen molar-refractivity contribution in [3.8, 4) is 0 Å². The summed E-state index contributed by atoms with van der Waals surface area (Å²) < 4.78 is 26.2. The lowest BCUT2D eigenvalue weighted by atomic mass is 10.3. The Morgan fingerprint density at radius 1 is 1.50 bits per heavy atom. The van der Waals surface area contributed by atoms with Gasteiger partial charge in [-0.05, 0) is 24.3 Å². The molecule has 1 aliphatic rings. The first-order chi connectivity index (χ1) is 8.55. The van der Waals surface area contributed by atoms with Gasteiger partial charge in [-0.1, -0.05) is 0 Å². The minimum atomic E-state index is -3.42. The van der Waals surface area contributed by atoms with E-state index in [2.05, 4.69) is 10.3 Å². The van der Waals surface area contributed by atoms with Gasteiger partial charge in [0.05, 0.1) is 0 Å². The highest BCUT2D eigenvalue weighted by Crippen LogP contribution is 2.26. The molecule has 1 saturated heterocycles. The number of nitrogens with zero attached hydrogens (tertiary/aromatic N) is 2. The van der Waals surface area contributed by atoms with Crippen LogP contribution in [-0.4, -0.2) is 49.3 Å². The molecule has 0 bridgehead atoms. The first-order valence-electron chi connectivity index (χ1n) is 5.75. The predicted molar refractivity (Wildman–Crippen MR) is 74.5 cm³/mol. The third-order valence-electron chi connectivity index (χ3n) is 3.09. The van der Waals surface area contributed by atoms with Crippen LogP contribution in [0.2, 0.25) is 0 Å². The minimum absolute atomic E-state index is 0.101. The van der Waals surface area contributed by atoms with Crippen LogP contribution in [-0.2, 0) is 10.0 Å². The number of anilines is 1. The fraction of sp³-hybridized carbons (Fsp3) is 0.545. The van der Waals surface area contributed by atoms with Gasteiger partial charge in [0, 0.05) is 32.1 Å². The van der Waals surface area contributed by atoms with E-state index in [0.717, 1.165) is 17.9 Å². The molecule has 1 aliphatic heterocycles. The molecule has 1 aromatic heterocycles. The molecule has 18 heavy (non-hydrogen) atoms. The van der Waals surface area contributed by atoms with Crippen molar-refractivity contribution in [3.63, 3.8) is 0 Å². The molecule has 1 N–H and O–H groups in total. The number of aromatic nitrogens is 1. The van der Waals surface area contributed by atoms with Crippen LogP contribution in [0.25, 0.3) is 0 Å². The molecular weight excluding hydrogens is 270 g/mol.